The van der Waals surface area contributed by atoms with Crippen LogP contribution in [0.3, 0.4) is 0 Å². The highest BCUT2D eigenvalue weighted by atomic mass is 35.6. The largest absolute Gasteiger partial charge is 0.515 e. The SMILES string of the molecule is O=C(OC(Cl)(Cl)Cl)OC(Cl)(Cl)Cl.O=C1/C(=C2/C(=O)c3ccccc3N2C(=O)Cl)N(C(=O)Cl)c2ccccc21.O=C1/C(=C2\Nc3ccccc3C2=O)Cc2ccccc21. The number of benzene rings is 4. The Morgan fingerprint density at radius 3 is 1.38 bits per heavy atom. The second kappa shape index (κ2) is 16.9. The maximum Gasteiger partial charge on any atom is 0.515 e. The monoisotopic (exact) mass is 941 g/mol. The van der Waals surface area contributed by atoms with Gasteiger partial charge in [-0.2, -0.15) is 0 Å². The second-order valence-corrected chi connectivity index (χ2v) is 16.9. The maximum absolute atomic E-state index is 12.9. The van der Waals surface area contributed by atoms with Crippen LogP contribution in [-0.4, -0.2) is 48.0 Å². The van der Waals surface area contributed by atoms with E-state index in [1.165, 1.54) is 24.3 Å². The van der Waals surface area contributed by atoms with E-state index in [1.54, 1.807) is 30.3 Å². The van der Waals surface area contributed by atoms with E-state index in [0.29, 0.717) is 28.8 Å². The zero-order valence-electron chi connectivity index (χ0n) is 28.5. The number of para-hydroxylation sites is 3. The molecular weight excluding hydrogens is 926 g/mol. The molecule has 0 spiro atoms. The van der Waals surface area contributed by atoms with E-state index in [4.69, 9.17) is 92.8 Å². The smallest absolute Gasteiger partial charge is 0.382 e. The third-order valence-corrected chi connectivity index (χ3v) is 9.30. The Kier molecular flexibility index (Phi) is 12.5. The number of anilines is 3. The van der Waals surface area contributed by atoms with Crippen molar-refractivity contribution in [1.29, 1.82) is 0 Å². The predicted molar refractivity (Wildman–Crippen MR) is 220 cm³/mol. The van der Waals surface area contributed by atoms with E-state index >= 15 is 0 Å². The lowest BCUT2D eigenvalue weighted by Gasteiger charge is -2.20. The summed E-state index contributed by atoms with van der Waals surface area (Å²) < 4.78 is 3.50. The van der Waals surface area contributed by atoms with Crippen LogP contribution in [0.25, 0.3) is 0 Å². The van der Waals surface area contributed by atoms with Gasteiger partial charge in [0.2, 0.25) is 17.3 Å². The zero-order valence-corrected chi connectivity index (χ0v) is 34.6. The third-order valence-electron chi connectivity index (χ3n) is 8.49. The Labute approximate surface area is 367 Å². The molecule has 3 heterocycles. The van der Waals surface area contributed by atoms with Gasteiger partial charge < -0.3 is 14.8 Å². The molecule has 12 nitrogen and oxygen atoms in total. The highest BCUT2D eigenvalue weighted by Crippen LogP contribution is 2.43. The van der Waals surface area contributed by atoms with E-state index < -0.39 is 36.4 Å². The van der Waals surface area contributed by atoms with E-state index in [9.17, 15) is 33.6 Å². The van der Waals surface area contributed by atoms with Crippen LogP contribution in [0.5, 0.6) is 0 Å². The summed E-state index contributed by atoms with van der Waals surface area (Å²) in [6.07, 6.45) is -0.883. The average Bonchev–Trinajstić information content (AvgIpc) is 3.85. The van der Waals surface area contributed by atoms with Crippen molar-refractivity contribution in [3.63, 3.8) is 0 Å². The van der Waals surface area contributed by atoms with Gasteiger partial charge in [0.1, 0.15) is 11.4 Å². The van der Waals surface area contributed by atoms with Gasteiger partial charge in [-0.3, -0.25) is 38.6 Å². The lowest BCUT2D eigenvalue weighted by Crippen LogP contribution is -2.32. The molecule has 2 amide bonds. The fourth-order valence-electron chi connectivity index (χ4n) is 6.28. The molecule has 20 heteroatoms. The number of hydrogen-bond acceptors (Lipinski definition) is 10. The number of Topliss-reactive ketones (excluding diaryl/α,β-unsaturated/α-hetero) is 4. The topological polar surface area (TPSA) is 156 Å². The minimum absolute atomic E-state index is 0.0377. The highest BCUT2D eigenvalue weighted by molar-refractivity contribution is 6.69. The number of carbonyl (C=O) groups is 7. The fourth-order valence-corrected chi connectivity index (χ4v) is 7.01. The van der Waals surface area contributed by atoms with Crippen molar-refractivity contribution in [1.82, 2.24) is 0 Å². The molecule has 8 rings (SSSR count). The Bertz CT molecular complexity index is 2360. The summed E-state index contributed by atoms with van der Waals surface area (Å²) in [4.78, 5) is 87.1. The van der Waals surface area contributed by atoms with Crippen LogP contribution in [0.1, 0.15) is 47.0 Å². The normalized spacial score (nSPS) is 17.6. The van der Waals surface area contributed by atoms with Crippen LogP contribution in [0.2, 0.25) is 0 Å². The first kappa shape index (κ1) is 43.0. The van der Waals surface area contributed by atoms with Crippen molar-refractivity contribution in [2.75, 3.05) is 15.1 Å². The number of hydrogen-bond donors (Lipinski definition) is 1. The summed E-state index contributed by atoms with van der Waals surface area (Å²) >= 11 is 41.6. The van der Waals surface area contributed by atoms with E-state index in [-0.39, 0.29) is 45.5 Å². The molecule has 1 N–H and O–H groups in total. The first-order valence-corrected chi connectivity index (χ1v) is 19.1. The molecule has 0 radical (unpaired) electrons. The molecule has 4 aliphatic rings. The van der Waals surface area contributed by atoms with Crippen LogP contribution in [0.4, 0.5) is 31.4 Å². The quantitative estimate of drug-likeness (QED) is 0.0592. The molecule has 0 saturated carbocycles. The Hall–Kier alpha value is -4.63. The lowest BCUT2D eigenvalue weighted by atomic mass is 10.1. The molecule has 0 atom stereocenters. The van der Waals surface area contributed by atoms with Crippen LogP contribution in [-0.2, 0) is 15.9 Å². The summed E-state index contributed by atoms with van der Waals surface area (Å²) in [5.41, 5.74) is 4.44. The van der Waals surface area contributed by atoms with Crippen LogP contribution in [0.15, 0.2) is 120 Å². The molecule has 4 aromatic carbocycles. The van der Waals surface area contributed by atoms with Gasteiger partial charge in [-0.1, -0.05) is 60.7 Å². The molecule has 4 aromatic rings. The number of allylic oxidation sites excluding steroid dienone is 4. The van der Waals surface area contributed by atoms with Gasteiger partial charge in [0.05, 0.1) is 17.1 Å². The van der Waals surface area contributed by atoms with Crippen molar-refractivity contribution in [3.05, 3.63) is 148 Å². The number of nitrogens with zero attached hydrogens (tertiary/aromatic N) is 2. The number of nitrogens with one attached hydrogen (secondary N) is 1. The first-order valence-electron chi connectivity index (χ1n) is 16.1. The molecule has 3 aliphatic heterocycles. The number of halogens is 8. The second-order valence-electron chi connectivity index (χ2n) is 11.9. The molecule has 0 bridgehead atoms. The predicted octanol–water partition coefficient (Wildman–Crippen LogP) is 11.1. The Morgan fingerprint density at radius 2 is 0.948 bits per heavy atom. The minimum atomic E-state index is -2.24. The Morgan fingerprint density at radius 1 is 0.534 bits per heavy atom. The van der Waals surface area contributed by atoms with Gasteiger partial charge in [0.15, 0.2) is 5.78 Å². The summed E-state index contributed by atoms with van der Waals surface area (Å²) in [6.45, 7) is 0. The minimum Gasteiger partial charge on any atom is -0.382 e. The standard InChI is InChI=1S/C18H8Cl2N2O4.C17H11NO2.C3Cl6O3/c19-17(25)21-11-7-3-1-5-9(11)15(23)13(21)14-16(24)10-6-2-4-8-12(10)22(14)18(20)26;19-16-11-6-2-1-5-10(11)9-13(16)15-17(20)12-7-3-4-8-14(12)18-15;4-2(5,6)11-1(10)12-3(7,8)9/h1-8H;1-8,18H,9H2;/b14-13+;15-13-;. The van der Waals surface area contributed by atoms with Gasteiger partial charge in [-0.15, -0.1) is 0 Å². The van der Waals surface area contributed by atoms with E-state index in [0.717, 1.165) is 21.1 Å². The molecule has 1 aliphatic carbocycles. The maximum atomic E-state index is 12.9. The summed E-state index contributed by atoms with van der Waals surface area (Å²) in [5.74, 6) is -1.30. The lowest BCUT2D eigenvalue weighted by molar-refractivity contribution is 0.0508. The number of fused-ring (bicyclic) bond motifs is 4. The van der Waals surface area contributed by atoms with Gasteiger partial charge in [-0.05, 0) is 135 Å². The first-order chi connectivity index (χ1) is 27.3. The van der Waals surface area contributed by atoms with Gasteiger partial charge in [0, 0.05) is 39.9 Å². The molecule has 0 saturated heterocycles. The molecule has 296 valence electrons. The number of rotatable bonds is 0. The molecule has 0 fully saturated rings. The van der Waals surface area contributed by atoms with Crippen molar-refractivity contribution >= 4 is 150 Å². The fraction of sp³-hybridized carbons (Fsp3) is 0.0789. The molecule has 58 heavy (non-hydrogen) atoms. The van der Waals surface area contributed by atoms with Gasteiger partial charge >= 0.3 is 24.8 Å². The van der Waals surface area contributed by atoms with E-state index in [2.05, 4.69) is 14.8 Å². The number of carbonyl (C=O) groups excluding carboxylic acids is 7. The summed E-state index contributed by atoms with van der Waals surface area (Å²) in [5, 5.41) is 1.15. The summed E-state index contributed by atoms with van der Waals surface area (Å²) in [7, 11) is 0. The molecule has 0 unspecified atom stereocenters. The number of ketones is 4. The van der Waals surface area contributed by atoms with Crippen molar-refractivity contribution < 1.29 is 43.0 Å². The van der Waals surface area contributed by atoms with Gasteiger partial charge in [0.25, 0.3) is 0 Å². The van der Waals surface area contributed by atoms with Crippen molar-refractivity contribution in [3.8, 4) is 0 Å². The van der Waals surface area contributed by atoms with Crippen LogP contribution >= 0.6 is 92.8 Å². The van der Waals surface area contributed by atoms with Crippen molar-refractivity contribution in [2.24, 2.45) is 0 Å². The molecule has 0 aromatic heterocycles. The molecular formula is C38H19Cl8N3O9. The van der Waals surface area contributed by atoms with Gasteiger partial charge in [-0.25, -0.2) is 4.79 Å². The van der Waals surface area contributed by atoms with Crippen LogP contribution in [0, 0.1) is 0 Å². The number of amides is 2. The third kappa shape index (κ3) is 8.85. The average molecular weight is 945 g/mol. The Balaban J connectivity index is 0.000000158. The summed E-state index contributed by atoms with van der Waals surface area (Å²) in [6, 6.07) is 27.4. The van der Waals surface area contributed by atoms with E-state index in [1.807, 2.05) is 42.5 Å². The van der Waals surface area contributed by atoms with Crippen LogP contribution < -0.4 is 15.1 Å². The number of alkyl halides is 6. The number of ether oxygens (including phenoxy) is 2. The zero-order chi connectivity index (χ0) is 42.3. The highest BCUT2D eigenvalue weighted by Gasteiger charge is 2.46. The van der Waals surface area contributed by atoms with Crippen molar-refractivity contribution in [2.45, 2.75) is 14.4 Å².